The molecule has 1 heteroatoms. The van der Waals surface area contributed by atoms with Gasteiger partial charge in [-0.3, -0.25) is 0 Å². The zero-order valence-corrected chi connectivity index (χ0v) is 22.5. The Balaban J connectivity index is 1.45. The van der Waals surface area contributed by atoms with E-state index >= 15 is 0 Å². The molecule has 0 nitrogen and oxygen atoms in total. The third kappa shape index (κ3) is 3.74. The van der Waals surface area contributed by atoms with E-state index < -0.39 is 8.80 Å². The second-order valence-electron chi connectivity index (χ2n) is 10.1. The van der Waals surface area contributed by atoms with Crippen LogP contribution in [0.25, 0.3) is 34.4 Å². The predicted molar refractivity (Wildman–Crippen MR) is 157 cm³/mol. The van der Waals surface area contributed by atoms with Crippen LogP contribution in [0.15, 0.2) is 108 Å². The van der Waals surface area contributed by atoms with Crippen LogP contribution in [-0.4, -0.2) is 8.80 Å². The molecule has 0 saturated heterocycles. The monoisotopic (exact) mass is 481 g/mol. The van der Waals surface area contributed by atoms with Crippen LogP contribution < -0.4 is 0 Å². The summed E-state index contributed by atoms with van der Waals surface area (Å²) in [6.07, 6.45) is 7.29. The highest BCUT2D eigenvalue weighted by Gasteiger charge is 2.40. The highest BCUT2D eigenvalue weighted by atomic mass is 28.3. The molecular formula is C35H33Si. The average Bonchev–Trinajstić information content (AvgIpc) is 3.52. The molecule has 2 aliphatic rings. The lowest BCUT2D eigenvalue weighted by atomic mass is 9.97. The summed E-state index contributed by atoms with van der Waals surface area (Å²) >= 11 is 0. The topological polar surface area (TPSA) is 0 Å². The third-order valence-electron chi connectivity index (χ3n) is 8.20. The van der Waals surface area contributed by atoms with Gasteiger partial charge in [0.25, 0.3) is 0 Å². The van der Waals surface area contributed by atoms with Gasteiger partial charge in [0.2, 0.25) is 0 Å². The van der Waals surface area contributed by atoms with Gasteiger partial charge in [0.05, 0.1) is 8.80 Å². The maximum Gasteiger partial charge on any atom is 0.0718 e. The Morgan fingerprint density at radius 1 is 0.528 bits per heavy atom. The molecule has 4 aromatic rings. The Kier molecular flexibility index (Phi) is 6.11. The van der Waals surface area contributed by atoms with Crippen molar-refractivity contribution in [2.75, 3.05) is 0 Å². The van der Waals surface area contributed by atoms with Gasteiger partial charge in [-0.1, -0.05) is 141 Å². The molecule has 0 spiro atoms. The molecule has 0 N–H and O–H groups in total. The molecule has 0 heterocycles. The molecule has 0 fully saturated rings. The molecule has 4 aromatic carbocycles. The quantitative estimate of drug-likeness (QED) is 0.240. The van der Waals surface area contributed by atoms with Crippen molar-refractivity contribution in [2.45, 2.75) is 44.3 Å². The van der Waals surface area contributed by atoms with Crippen molar-refractivity contribution in [3.63, 3.8) is 0 Å². The van der Waals surface area contributed by atoms with Gasteiger partial charge in [-0.25, -0.2) is 0 Å². The van der Waals surface area contributed by atoms with E-state index in [2.05, 4.69) is 130 Å². The van der Waals surface area contributed by atoms with Gasteiger partial charge in [-0.15, -0.1) is 0 Å². The third-order valence-corrected chi connectivity index (χ3v) is 11.4. The smallest absolute Gasteiger partial charge is 0.0695 e. The highest BCUT2D eigenvalue weighted by molar-refractivity contribution is 6.63. The van der Waals surface area contributed by atoms with E-state index in [-0.39, 0.29) is 0 Å². The van der Waals surface area contributed by atoms with Gasteiger partial charge < -0.3 is 0 Å². The first-order chi connectivity index (χ1) is 17.7. The fraction of sp³-hybridized carbons (Fsp3) is 0.200. The van der Waals surface area contributed by atoms with Crippen LogP contribution in [0.3, 0.4) is 0 Å². The highest BCUT2D eigenvalue weighted by Crippen LogP contribution is 2.51. The molecular weight excluding hydrogens is 448 g/mol. The largest absolute Gasteiger partial charge is 0.0718 e. The maximum absolute atomic E-state index is 2.60. The normalized spacial score (nSPS) is 18.1. The Bertz CT molecular complexity index is 1350. The van der Waals surface area contributed by atoms with Crippen LogP contribution in [0, 0.1) is 0 Å². The first-order valence-corrected chi connectivity index (χ1v) is 15.5. The Hall–Kier alpha value is -3.42. The lowest BCUT2D eigenvalue weighted by molar-refractivity contribution is 0.924. The SMILES string of the molecule is CCC1=Cc2c(-c3ccccc3)cccc2C1[Si](C)C1C(CC)=Cc2c(-c3ccccc3)cccc21. The van der Waals surface area contributed by atoms with E-state index in [4.69, 9.17) is 0 Å². The van der Waals surface area contributed by atoms with Crippen molar-refractivity contribution in [2.24, 2.45) is 0 Å². The second-order valence-corrected chi connectivity index (χ2v) is 12.7. The summed E-state index contributed by atoms with van der Waals surface area (Å²) < 4.78 is 0. The summed E-state index contributed by atoms with van der Waals surface area (Å²) in [5.74, 6) is 0. The number of rotatable bonds is 6. The van der Waals surface area contributed by atoms with Crippen molar-refractivity contribution >= 4 is 20.9 Å². The van der Waals surface area contributed by atoms with E-state index in [0.29, 0.717) is 11.1 Å². The van der Waals surface area contributed by atoms with Crippen LogP contribution in [0.1, 0.15) is 60.0 Å². The minimum Gasteiger partial charge on any atom is -0.0695 e. The maximum atomic E-state index is 2.60. The standard InChI is InChI=1S/C35H33Si/c1-4-24-22-32-28(26-14-8-6-9-15-26)18-12-20-30(32)34(24)36(3)35-25(5-2)23-33-29(19-13-21-31(33)35)27-16-10-7-11-17-27/h6-23,34-35H,4-5H2,1-3H3. The van der Waals surface area contributed by atoms with Crippen LogP contribution >= 0.6 is 0 Å². The Morgan fingerprint density at radius 2 is 0.944 bits per heavy atom. The average molecular weight is 482 g/mol. The molecule has 2 atom stereocenters. The van der Waals surface area contributed by atoms with Crippen LogP contribution in [0.2, 0.25) is 6.55 Å². The lowest BCUT2D eigenvalue weighted by Crippen LogP contribution is -2.29. The number of hydrogen-bond acceptors (Lipinski definition) is 0. The fourth-order valence-electron chi connectivity index (χ4n) is 6.52. The van der Waals surface area contributed by atoms with Gasteiger partial charge in [0, 0.05) is 0 Å². The molecule has 2 aliphatic carbocycles. The predicted octanol–water partition coefficient (Wildman–Crippen LogP) is 9.70. The molecule has 0 saturated carbocycles. The lowest BCUT2D eigenvalue weighted by Gasteiger charge is -2.30. The Labute approximate surface area is 217 Å². The van der Waals surface area contributed by atoms with E-state index in [0.717, 1.165) is 12.8 Å². The molecule has 2 unspecified atom stereocenters. The molecule has 0 aromatic heterocycles. The molecule has 1 radical (unpaired) electrons. The number of fused-ring (bicyclic) bond motifs is 2. The van der Waals surface area contributed by atoms with Crippen LogP contribution in [-0.2, 0) is 0 Å². The fourth-order valence-corrected chi connectivity index (χ4v) is 10.1. The minimum atomic E-state index is -0.822. The van der Waals surface area contributed by atoms with E-state index in [1.807, 2.05) is 0 Å². The second kappa shape index (κ2) is 9.56. The number of allylic oxidation sites excluding steroid dienone is 2. The Morgan fingerprint density at radius 3 is 1.33 bits per heavy atom. The van der Waals surface area contributed by atoms with Gasteiger partial charge >= 0.3 is 0 Å². The van der Waals surface area contributed by atoms with Crippen LogP contribution in [0.5, 0.6) is 0 Å². The first kappa shape index (κ1) is 23.0. The van der Waals surface area contributed by atoms with E-state index in [9.17, 15) is 0 Å². The van der Waals surface area contributed by atoms with Gasteiger partial charge in [0.15, 0.2) is 0 Å². The zero-order chi connectivity index (χ0) is 24.6. The minimum absolute atomic E-state index is 0.546. The molecule has 177 valence electrons. The summed E-state index contributed by atoms with van der Waals surface area (Å²) in [4.78, 5) is 0. The van der Waals surface area contributed by atoms with Crippen molar-refractivity contribution in [3.05, 3.63) is 130 Å². The van der Waals surface area contributed by atoms with Crippen molar-refractivity contribution in [1.82, 2.24) is 0 Å². The molecule has 36 heavy (non-hydrogen) atoms. The zero-order valence-electron chi connectivity index (χ0n) is 21.5. The molecule has 0 aliphatic heterocycles. The van der Waals surface area contributed by atoms with E-state index in [1.54, 1.807) is 22.3 Å². The van der Waals surface area contributed by atoms with Crippen molar-refractivity contribution < 1.29 is 0 Å². The molecule has 0 bridgehead atoms. The van der Waals surface area contributed by atoms with Gasteiger partial charge in [-0.2, -0.15) is 0 Å². The summed E-state index contributed by atoms with van der Waals surface area (Å²) in [7, 11) is -0.822. The van der Waals surface area contributed by atoms with E-state index in [1.165, 1.54) is 33.4 Å². The van der Waals surface area contributed by atoms with Gasteiger partial charge in [0.1, 0.15) is 0 Å². The summed E-state index contributed by atoms with van der Waals surface area (Å²) in [5, 5.41) is 0. The summed E-state index contributed by atoms with van der Waals surface area (Å²) in [6.45, 7) is 7.28. The van der Waals surface area contributed by atoms with Crippen molar-refractivity contribution in [3.8, 4) is 22.3 Å². The van der Waals surface area contributed by atoms with Crippen molar-refractivity contribution in [1.29, 1.82) is 0 Å². The van der Waals surface area contributed by atoms with Crippen LogP contribution in [0.4, 0.5) is 0 Å². The molecule has 6 rings (SSSR count). The van der Waals surface area contributed by atoms with Gasteiger partial charge in [-0.05, 0) is 68.4 Å². The molecule has 0 amide bonds. The number of hydrogen-bond donors (Lipinski definition) is 0. The number of benzene rings is 4. The first-order valence-electron chi connectivity index (χ1n) is 13.3. The summed E-state index contributed by atoms with van der Waals surface area (Å²) in [6, 6.07) is 35.8. The summed E-state index contributed by atoms with van der Waals surface area (Å²) in [5.41, 5.74) is 15.7.